The molecule has 2 aliphatic rings. The van der Waals surface area contributed by atoms with Crippen LogP contribution in [0.5, 0.6) is 23.0 Å². The molecule has 0 saturated heterocycles. The number of hydrogen-bond donors (Lipinski definition) is 0. The fourth-order valence-electron chi connectivity index (χ4n) is 4.76. The van der Waals surface area contributed by atoms with Crippen LogP contribution in [0.2, 0.25) is 0 Å². The van der Waals surface area contributed by atoms with Crippen molar-refractivity contribution >= 4 is 23.1 Å². The Bertz CT molecular complexity index is 1350. The quantitative estimate of drug-likeness (QED) is 0.102. The first kappa shape index (κ1) is 31.5. The van der Waals surface area contributed by atoms with Crippen molar-refractivity contribution in [1.82, 2.24) is 0 Å². The van der Waals surface area contributed by atoms with Crippen LogP contribution in [0.4, 0.5) is 0 Å². The van der Waals surface area contributed by atoms with Gasteiger partial charge in [-0.1, -0.05) is 75.8 Å². The number of rotatable bonds is 15. The van der Waals surface area contributed by atoms with Gasteiger partial charge in [-0.2, -0.15) is 0 Å². The second kappa shape index (κ2) is 16.2. The van der Waals surface area contributed by atoms with Crippen molar-refractivity contribution in [3.05, 3.63) is 83.4 Å². The molecular weight excluding hydrogens is 548 g/mol. The van der Waals surface area contributed by atoms with E-state index in [1.807, 2.05) is 18.2 Å². The average Bonchev–Trinajstić information content (AvgIpc) is 3.70. The minimum atomic E-state index is -0.272. The fraction of sp³-hybridized carbons (Fsp3) is 0.371. The van der Waals surface area contributed by atoms with E-state index in [0.717, 1.165) is 12.8 Å². The van der Waals surface area contributed by atoms with Gasteiger partial charge in [0.1, 0.15) is 5.78 Å². The van der Waals surface area contributed by atoms with Gasteiger partial charge in [0.15, 0.2) is 40.3 Å². The van der Waals surface area contributed by atoms with Gasteiger partial charge in [0.05, 0.1) is 12.8 Å². The highest BCUT2D eigenvalue weighted by molar-refractivity contribution is 6.14. The molecule has 0 atom stereocenters. The predicted octanol–water partition coefficient (Wildman–Crippen LogP) is 7.57. The van der Waals surface area contributed by atoms with Crippen molar-refractivity contribution in [1.29, 1.82) is 0 Å². The van der Waals surface area contributed by atoms with Gasteiger partial charge in [-0.05, 0) is 42.8 Å². The van der Waals surface area contributed by atoms with E-state index in [-0.39, 0.29) is 49.6 Å². The third kappa shape index (κ3) is 9.53. The molecule has 0 N–H and O–H groups in total. The highest BCUT2D eigenvalue weighted by Crippen LogP contribution is 2.34. The Kier molecular flexibility index (Phi) is 11.9. The van der Waals surface area contributed by atoms with Gasteiger partial charge in [0.25, 0.3) is 0 Å². The molecule has 0 saturated carbocycles. The summed E-state index contributed by atoms with van der Waals surface area (Å²) in [6, 6.07) is 18.8. The van der Waals surface area contributed by atoms with Crippen molar-refractivity contribution in [3.63, 3.8) is 0 Å². The molecule has 43 heavy (non-hydrogen) atoms. The number of fused-ring (bicyclic) bond motifs is 2. The maximum atomic E-state index is 12.3. The standard InChI is InChI=1S/C18H26O2.C17H12O6/c1-2-3-4-5-6-7-11-14-17(19)15-18(20)16-12-9-8-10-13-16;18-12(10-1-3-14-16(5-10)22-8-20-14)7-13(19)11-2-4-15-17(6-11)23-9-21-15/h8-10,12-13H,2-7,11,14-15H2,1H3;1-6H,7-9H2. The minimum Gasteiger partial charge on any atom is -0.454 e. The van der Waals surface area contributed by atoms with Gasteiger partial charge in [0.2, 0.25) is 13.6 Å². The van der Waals surface area contributed by atoms with Crippen LogP contribution in [-0.4, -0.2) is 36.7 Å². The molecule has 0 unspecified atom stereocenters. The Labute approximate surface area is 252 Å². The lowest BCUT2D eigenvalue weighted by Crippen LogP contribution is -2.08. The first-order chi connectivity index (χ1) is 20.9. The molecule has 0 bridgehead atoms. The summed E-state index contributed by atoms with van der Waals surface area (Å²) in [7, 11) is 0. The molecule has 0 spiro atoms. The highest BCUT2D eigenvalue weighted by Gasteiger charge is 2.21. The molecular formula is C35H38O8. The van der Waals surface area contributed by atoms with Crippen LogP contribution in [0, 0.1) is 0 Å². The Morgan fingerprint density at radius 3 is 1.58 bits per heavy atom. The van der Waals surface area contributed by atoms with Crippen molar-refractivity contribution in [2.45, 2.75) is 71.1 Å². The molecule has 0 amide bonds. The van der Waals surface area contributed by atoms with Crippen molar-refractivity contribution < 1.29 is 38.1 Å². The number of carbonyl (C=O) groups excluding carboxylic acids is 4. The van der Waals surface area contributed by atoms with Gasteiger partial charge in [-0.15, -0.1) is 0 Å². The van der Waals surface area contributed by atoms with Gasteiger partial charge in [0, 0.05) is 23.1 Å². The normalized spacial score (nSPS) is 12.3. The van der Waals surface area contributed by atoms with E-state index < -0.39 is 0 Å². The molecule has 8 heteroatoms. The number of unbranched alkanes of at least 4 members (excludes halogenated alkanes) is 6. The molecule has 0 aliphatic carbocycles. The minimum absolute atomic E-state index is 0.0554. The maximum absolute atomic E-state index is 12.3. The van der Waals surface area contributed by atoms with Crippen LogP contribution in [0.1, 0.15) is 102 Å². The lowest BCUT2D eigenvalue weighted by molar-refractivity contribution is -0.118. The molecule has 3 aromatic rings. The van der Waals surface area contributed by atoms with Crippen LogP contribution in [0.3, 0.4) is 0 Å². The first-order valence-corrected chi connectivity index (χ1v) is 14.9. The molecule has 0 aromatic heterocycles. The molecule has 226 valence electrons. The highest BCUT2D eigenvalue weighted by atomic mass is 16.7. The Morgan fingerprint density at radius 2 is 1.02 bits per heavy atom. The fourth-order valence-corrected chi connectivity index (χ4v) is 4.76. The van der Waals surface area contributed by atoms with Crippen LogP contribution in [0.15, 0.2) is 66.7 Å². The zero-order valence-corrected chi connectivity index (χ0v) is 24.6. The van der Waals surface area contributed by atoms with E-state index in [1.54, 1.807) is 48.5 Å². The smallest absolute Gasteiger partial charge is 0.231 e. The van der Waals surface area contributed by atoms with Gasteiger partial charge < -0.3 is 18.9 Å². The average molecular weight is 587 g/mol. The number of ketones is 4. The molecule has 2 heterocycles. The lowest BCUT2D eigenvalue weighted by Gasteiger charge is -2.04. The predicted molar refractivity (Wildman–Crippen MR) is 161 cm³/mol. The summed E-state index contributed by atoms with van der Waals surface area (Å²) < 4.78 is 20.9. The van der Waals surface area contributed by atoms with E-state index >= 15 is 0 Å². The molecule has 0 radical (unpaired) electrons. The Balaban J connectivity index is 0.000000200. The lowest BCUT2D eigenvalue weighted by atomic mass is 10.0. The summed E-state index contributed by atoms with van der Waals surface area (Å²) in [5.41, 5.74) is 1.48. The number of ether oxygens (including phenoxy) is 4. The largest absolute Gasteiger partial charge is 0.454 e. The van der Waals surface area contributed by atoms with Gasteiger partial charge >= 0.3 is 0 Å². The van der Waals surface area contributed by atoms with Crippen LogP contribution < -0.4 is 18.9 Å². The Hall–Kier alpha value is -4.46. The van der Waals surface area contributed by atoms with E-state index in [1.165, 1.54) is 32.1 Å². The summed E-state index contributed by atoms with van der Waals surface area (Å²) in [6.07, 6.45) is 8.76. The van der Waals surface area contributed by atoms with E-state index in [2.05, 4.69) is 6.92 Å². The summed E-state index contributed by atoms with van der Waals surface area (Å²) in [4.78, 5) is 48.2. The molecule has 2 aliphatic heterocycles. The van der Waals surface area contributed by atoms with E-state index in [9.17, 15) is 19.2 Å². The zero-order chi connectivity index (χ0) is 30.4. The third-order valence-electron chi connectivity index (χ3n) is 7.22. The van der Waals surface area contributed by atoms with Crippen molar-refractivity contribution in [2.24, 2.45) is 0 Å². The summed E-state index contributed by atoms with van der Waals surface area (Å²) in [5, 5.41) is 0. The second-order valence-electron chi connectivity index (χ2n) is 10.5. The van der Waals surface area contributed by atoms with Gasteiger partial charge in [-0.25, -0.2) is 0 Å². The van der Waals surface area contributed by atoms with Crippen LogP contribution in [0.25, 0.3) is 0 Å². The molecule has 5 rings (SSSR count). The zero-order valence-electron chi connectivity index (χ0n) is 24.6. The van der Waals surface area contributed by atoms with Crippen molar-refractivity contribution in [2.75, 3.05) is 13.6 Å². The van der Waals surface area contributed by atoms with Crippen LogP contribution >= 0.6 is 0 Å². The molecule has 8 nitrogen and oxygen atoms in total. The first-order valence-electron chi connectivity index (χ1n) is 14.9. The van der Waals surface area contributed by atoms with Crippen LogP contribution in [-0.2, 0) is 4.79 Å². The van der Waals surface area contributed by atoms with Crippen molar-refractivity contribution in [3.8, 4) is 23.0 Å². The summed E-state index contributed by atoms with van der Waals surface area (Å²) >= 11 is 0. The number of hydrogen-bond acceptors (Lipinski definition) is 8. The summed E-state index contributed by atoms with van der Waals surface area (Å²) in [6.45, 7) is 2.49. The monoisotopic (exact) mass is 586 g/mol. The molecule has 0 fully saturated rings. The van der Waals surface area contributed by atoms with E-state index in [0.29, 0.717) is 46.1 Å². The SMILES string of the molecule is CCCCCCCCCC(=O)CC(=O)c1ccccc1.O=C(CC(=O)c1ccc2c(c1)OCO2)c1ccc2c(c1)OCO2. The maximum Gasteiger partial charge on any atom is 0.231 e. The second-order valence-corrected chi connectivity index (χ2v) is 10.5. The number of benzene rings is 3. The van der Waals surface area contributed by atoms with E-state index in [4.69, 9.17) is 18.9 Å². The topological polar surface area (TPSA) is 105 Å². The number of carbonyl (C=O) groups is 4. The number of Topliss-reactive ketones (excluding diaryl/α,β-unsaturated/α-hetero) is 4. The molecule has 3 aromatic carbocycles. The van der Waals surface area contributed by atoms with Gasteiger partial charge in [-0.3, -0.25) is 19.2 Å². The summed E-state index contributed by atoms with van der Waals surface area (Å²) in [5.74, 6) is 1.72. The third-order valence-corrected chi connectivity index (χ3v) is 7.22. The Morgan fingerprint density at radius 1 is 0.535 bits per heavy atom.